The first-order valence-electron chi connectivity index (χ1n) is 8.12. The third-order valence-electron chi connectivity index (χ3n) is 4.87. The molecule has 2 aliphatic heterocycles. The fourth-order valence-corrected chi connectivity index (χ4v) is 4.80. The van der Waals surface area contributed by atoms with Crippen LogP contribution in [-0.4, -0.2) is 28.0 Å². The van der Waals surface area contributed by atoms with Gasteiger partial charge in [0.1, 0.15) is 11.2 Å². The molecule has 4 rings (SSSR count). The lowest BCUT2D eigenvalue weighted by atomic mass is 10.00. The summed E-state index contributed by atoms with van der Waals surface area (Å²) < 4.78 is 2.04. The van der Waals surface area contributed by atoms with Crippen molar-refractivity contribution >= 4 is 22.2 Å². The Bertz CT molecular complexity index is 761. The largest absolute Gasteiger partial charge is 0.351 e. The number of hydrogen-bond donors (Lipinski definition) is 2. The van der Waals surface area contributed by atoms with Crippen molar-refractivity contribution < 1.29 is 4.79 Å². The highest BCUT2D eigenvalue weighted by molar-refractivity contribution is 7.16. The van der Waals surface area contributed by atoms with Gasteiger partial charge in [0.05, 0.1) is 11.3 Å². The molecule has 0 spiro atoms. The number of hydrogen-bond acceptors (Lipinski definition) is 4. The van der Waals surface area contributed by atoms with Crippen LogP contribution < -0.4 is 10.6 Å². The highest BCUT2D eigenvalue weighted by atomic mass is 32.1. The Balaban J connectivity index is 1.67. The number of nitrogens with one attached hydrogen (secondary N) is 2. The van der Waals surface area contributed by atoms with Crippen LogP contribution in [0.25, 0.3) is 0 Å². The molecule has 2 N–H and O–H groups in total. The van der Waals surface area contributed by atoms with Gasteiger partial charge in [0.25, 0.3) is 5.91 Å². The number of rotatable bonds is 2. The summed E-state index contributed by atoms with van der Waals surface area (Å²) in [6, 6.07) is 4.58. The average Bonchev–Trinajstić information content (AvgIpc) is 3.09. The average molecular weight is 330 g/mol. The lowest BCUT2D eigenvalue weighted by Crippen LogP contribution is -2.40. The van der Waals surface area contributed by atoms with E-state index in [0.29, 0.717) is 6.04 Å². The standard InChI is InChI=1S/C17H22N4OS/c1-10(2)21-8-6-11-13(9-21)23-17-14(11)16(22)18-15(19-17)12-5-4-7-20(12)3/h4-5,7,10,15,19H,6,8-9H2,1-3H3,(H,18,22)/t15-/m0/s1. The highest BCUT2D eigenvalue weighted by Gasteiger charge is 2.34. The van der Waals surface area contributed by atoms with E-state index in [0.717, 1.165) is 35.8 Å². The molecule has 0 fully saturated rings. The van der Waals surface area contributed by atoms with Gasteiger partial charge in [0, 0.05) is 37.3 Å². The molecule has 0 saturated carbocycles. The second-order valence-corrected chi connectivity index (χ2v) is 7.72. The number of thiophene rings is 1. The van der Waals surface area contributed by atoms with Crippen molar-refractivity contribution in [3.05, 3.63) is 40.0 Å². The van der Waals surface area contributed by atoms with Crippen LogP contribution in [0.1, 0.15) is 46.5 Å². The highest BCUT2D eigenvalue weighted by Crippen LogP contribution is 2.40. The van der Waals surface area contributed by atoms with Crippen molar-refractivity contribution in [3.63, 3.8) is 0 Å². The van der Waals surface area contributed by atoms with Gasteiger partial charge in [-0.2, -0.15) is 0 Å². The summed E-state index contributed by atoms with van der Waals surface area (Å²) in [4.78, 5) is 16.5. The number of carbonyl (C=O) groups is 1. The molecule has 0 saturated heterocycles. The maximum absolute atomic E-state index is 12.7. The van der Waals surface area contributed by atoms with Crippen molar-refractivity contribution in [2.75, 3.05) is 11.9 Å². The molecule has 122 valence electrons. The van der Waals surface area contributed by atoms with Gasteiger partial charge in [0.2, 0.25) is 0 Å². The van der Waals surface area contributed by atoms with E-state index in [1.807, 2.05) is 29.9 Å². The summed E-state index contributed by atoms with van der Waals surface area (Å²) in [7, 11) is 2.00. The number of amides is 1. The fourth-order valence-electron chi connectivity index (χ4n) is 3.50. The van der Waals surface area contributed by atoms with Crippen molar-refractivity contribution in [3.8, 4) is 0 Å². The van der Waals surface area contributed by atoms with Crippen LogP contribution in [-0.2, 0) is 20.0 Å². The van der Waals surface area contributed by atoms with Crippen LogP contribution in [0.3, 0.4) is 0 Å². The van der Waals surface area contributed by atoms with Crippen molar-refractivity contribution in [1.29, 1.82) is 0 Å². The van der Waals surface area contributed by atoms with Crippen LogP contribution in [0.5, 0.6) is 0 Å². The SMILES string of the molecule is CC(C)N1CCc2c(sc3c2C(=O)N[C@H](c2cccn2C)N3)C1. The zero-order chi connectivity index (χ0) is 16.1. The molecule has 6 heteroatoms. The lowest BCUT2D eigenvalue weighted by molar-refractivity contribution is 0.0933. The van der Waals surface area contributed by atoms with Gasteiger partial charge in [0.15, 0.2) is 0 Å². The number of aromatic nitrogens is 1. The first-order chi connectivity index (χ1) is 11.0. The van der Waals surface area contributed by atoms with E-state index in [1.54, 1.807) is 11.3 Å². The van der Waals surface area contributed by atoms with Gasteiger partial charge in [-0.25, -0.2) is 0 Å². The zero-order valence-electron chi connectivity index (χ0n) is 13.7. The predicted octanol–water partition coefficient (Wildman–Crippen LogP) is 2.71. The number of aryl methyl sites for hydroxylation is 1. The third-order valence-corrected chi connectivity index (χ3v) is 6.02. The first kappa shape index (κ1) is 14.8. The van der Waals surface area contributed by atoms with Gasteiger partial charge >= 0.3 is 0 Å². The van der Waals surface area contributed by atoms with Crippen molar-refractivity contribution in [1.82, 2.24) is 14.8 Å². The predicted molar refractivity (Wildman–Crippen MR) is 92.8 cm³/mol. The second kappa shape index (κ2) is 5.39. The number of nitrogens with zero attached hydrogens (tertiary/aromatic N) is 2. The molecular formula is C17H22N4OS. The molecular weight excluding hydrogens is 308 g/mol. The first-order valence-corrected chi connectivity index (χ1v) is 8.93. The summed E-state index contributed by atoms with van der Waals surface area (Å²) in [6.45, 7) is 6.45. The van der Waals surface area contributed by atoms with Crippen LogP contribution in [0.4, 0.5) is 5.00 Å². The molecule has 1 atom stereocenters. The number of anilines is 1. The van der Waals surface area contributed by atoms with Gasteiger partial charge in [-0.3, -0.25) is 9.69 Å². The molecule has 0 bridgehead atoms. The quantitative estimate of drug-likeness (QED) is 0.890. The Morgan fingerprint density at radius 1 is 1.35 bits per heavy atom. The number of carbonyl (C=O) groups excluding carboxylic acids is 1. The molecule has 1 amide bonds. The molecule has 4 heterocycles. The van der Waals surface area contributed by atoms with Gasteiger partial charge in [-0.15, -0.1) is 11.3 Å². The van der Waals surface area contributed by atoms with E-state index in [-0.39, 0.29) is 12.1 Å². The lowest BCUT2D eigenvalue weighted by Gasteiger charge is -2.31. The van der Waals surface area contributed by atoms with Crippen LogP contribution in [0, 0.1) is 0 Å². The molecule has 23 heavy (non-hydrogen) atoms. The van der Waals surface area contributed by atoms with Gasteiger partial charge in [-0.1, -0.05) is 0 Å². The Morgan fingerprint density at radius 2 is 2.17 bits per heavy atom. The maximum Gasteiger partial charge on any atom is 0.256 e. The Morgan fingerprint density at radius 3 is 2.87 bits per heavy atom. The van der Waals surface area contributed by atoms with Crippen LogP contribution in [0.2, 0.25) is 0 Å². The normalized spacial score (nSPS) is 20.9. The topological polar surface area (TPSA) is 49.3 Å². The summed E-state index contributed by atoms with van der Waals surface area (Å²) in [5, 5.41) is 7.65. The Hall–Kier alpha value is -1.79. The van der Waals surface area contributed by atoms with Crippen molar-refractivity contribution in [2.24, 2.45) is 7.05 Å². The van der Waals surface area contributed by atoms with E-state index in [2.05, 4.69) is 29.4 Å². The van der Waals surface area contributed by atoms with Gasteiger partial charge in [-0.05, 0) is 38.0 Å². The van der Waals surface area contributed by atoms with E-state index in [1.165, 1.54) is 10.4 Å². The van der Waals surface area contributed by atoms with Crippen LogP contribution in [0.15, 0.2) is 18.3 Å². The number of fused-ring (bicyclic) bond motifs is 3. The summed E-state index contributed by atoms with van der Waals surface area (Å²) >= 11 is 1.75. The summed E-state index contributed by atoms with van der Waals surface area (Å²) in [5.74, 6) is 0.0560. The monoisotopic (exact) mass is 330 g/mol. The molecule has 5 nitrogen and oxygen atoms in total. The van der Waals surface area contributed by atoms with Crippen LogP contribution >= 0.6 is 11.3 Å². The smallest absolute Gasteiger partial charge is 0.256 e. The molecule has 0 aliphatic carbocycles. The maximum atomic E-state index is 12.7. The molecule has 0 unspecified atom stereocenters. The third kappa shape index (κ3) is 2.37. The minimum atomic E-state index is -0.156. The molecule has 2 aromatic heterocycles. The Kier molecular flexibility index (Phi) is 3.46. The zero-order valence-corrected chi connectivity index (χ0v) is 14.5. The second-order valence-electron chi connectivity index (χ2n) is 6.62. The van der Waals surface area contributed by atoms with Gasteiger partial charge < -0.3 is 15.2 Å². The fraction of sp³-hybridized carbons (Fsp3) is 0.471. The molecule has 0 radical (unpaired) electrons. The van der Waals surface area contributed by atoms with E-state index in [4.69, 9.17) is 0 Å². The molecule has 0 aromatic carbocycles. The van der Waals surface area contributed by atoms with E-state index >= 15 is 0 Å². The van der Waals surface area contributed by atoms with Crippen molar-refractivity contribution in [2.45, 2.75) is 39.0 Å². The Labute approximate surface area is 140 Å². The minimum Gasteiger partial charge on any atom is -0.351 e. The summed E-state index contributed by atoms with van der Waals surface area (Å²) in [6.07, 6.45) is 2.80. The molecule has 2 aliphatic rings. The minimum absolute atomic E-state index is 0.0560. The summed E-state index contributed by atoms with van der Waals surface area (Å²) in [5.41, 5.74) is 3.19. The van der Waals surface area contributed by atoms with E-state index < -0.39 is 0 Å². The van der Waals surface area contributed by atoms with E-state index in [9.17, 15) is 4.79 Å². The molecule has 2 aromatic rings.